The topological polar surface area (TPSA) is 35.2 Å². The SMILES string of the molecule is CC1(C)CCCC1C(N)Cc1cc(Br)cc2c1OCC2. The quantitative estimate of drug-likeness (QED) is 0.901. The minimum Gasteiger partial charge on any atom is -0.493 e. The third kappa shape index (κ3) is 2.62. The first-order valence-electron chi connectivity index (χ1n) is 7.67. The Bertz CT molecular complexity index is 512. The lowest BCUT2D eigenvalue weighted by molar-refractivity contribution is 0.219. The molecule has 1 saturated carbocycles. The number of halogens is 1. The molecule has 20 heavy (non-hydrogen) atoms. The van der Waals surface area contributed by atoms with Gasteiger partial charge in [0.15, 0.2) is 0 Å². The lowest BCUT2D eigenvalue weighted by Crippen LogP contribution is -2.38. The molecule has 1 heterocycles. The lowest BCUT2D eigenvalue weighted by atomic mass is 9.76. The Balaban J connectivity index is 1.81. The van der Waals surface area contributed by atoms with Crippen LogP contribution >= 0.6 is 15.9 Å². The van der Waals surface area contributed by atoms with Gasteiger partial charge >= 0.3 is 0 Å². The highest BCUT2D eigenvalue weighted by Gasteiger charge is 2.38. The van der Waals surface area contributed by atoms with E-state index in [0.717, 1.165) is 29.7 Å². The first-order valence-corrected chi connectivity index (χ1v) is 8.46. The van der Waals surface area contributed by atoms with Gasteiger partial charge in [-0.15, -0.1) is 0 Å². The van der Waals surface area contributed by atoms with Crippen LogP contribution in [0, 0.1) is 11.3 Å². The summed E-state index contributed by atoms with van der Waals surface area (Å²) in [5, 5.41) is 0. The zero-order valence-electron chi connectivity index (χ0n) is 12.4. The van der Waals surface area contributed by atoms with Gasteiger partial charge in [0.05, 0.1) is 6.61 Å². The summed E-state index contributed by atoms with van der Waals surface area (Å²) >= 11 is 3.62. The minimum absolute atomic E-state index is 0.232. The molecule has 1 aromatic rings. The molecule has 1 aliphatic carbocycles. The lowest BCUT2D eigenvalue weighted by Gasteiger charge is -2.32. The third-order valence-corrected chi connectivity index (χ3v) is 5.60. The van der Waals surface area contributed by atoms with Crippen LogP contribution in [-0.4, -0.2) is 12.6 Å². The molecular formula is C17H24BrNO. The van der Waals surface area contributed by atoms with Gasteiger partial charge in [-0.1, -0.05) is 36.2 Å². The molecule has 2 aliphatic rings. The first kappa shape index (κ1) is 14.4. The van der Waals surface area contributed by atoms with E-state index in [9.17, 15) is 0 Å². The monoisotopic (exact) mass is 337 g/mol. The summed E-state index contributed by atoms with van der Waals surface area (Å²) < 4.78 is 6.97. The van der Waals surface area contributed by atoms with Crippen LogP contribution in [0.15, 0.2) is 16.6 Å². The fourth-order valence-corrected chi connectivity index (χ4v) is 4.59. The molecule has 2 nitrogen and oxygen atoms in total. The Morgan fingerprint density at radius 1 is 1.45 bits per heavy atom. The molecule has 1 fully saturated rings. The van der Waals surface area contributed by atoms with Gasteiger partial charge in [-0.25, -0.2) is 0 Å². The van der Waals surface area contributed by atoms with E-state index >= 15 is 0 Å². The van der Waals surface area contributed by atoms with Crippen molar-refractivity contribution in [2.24, 2.45) is 17.1 Å². The van der Waals surface area contributed by atoms with Crippen molar-refractivity contribution in [2.45, 2.75) is 52.0 Å². The molecule has 0 amide bonds. The van der Waals surface area contributed by atoms with Crippen molar-refractivity contribution in [3.8, 4) is 5.75 Å². The molecule has 0 bridgehead atoms. The molecule has 0 saturated heterocycles. The van der Waals surface area contributed by atoms with Crippen LogP contribution in [-0.2, 0) is 12.8 Å². The predicted molar refractivity (Wildman–Crippen MR) is 86.1 cm³/mol. The highest BCUT2D eigenvalue weighted by atomic mass is 79.9. The zero-order valence-corrected chi connectivity index (χ0v) is 14.0. The van der Waals surface area contributed by atoms with Gasteiger partial charge in [-0.05, 0) is 53.9 Å². The van der Waals surface area contributed by atoms with E-state index in [2.05, 4.69) is 41.9 Å². The molecule has 1 aromatic carbocycles. The summed E-state index contributed by atoms with van der Waals surface area (Å²) in [6, 6.07) is 4.60. The maximum absolute atomic E-state index is 6.56. The Morgan fingerprint density at radius 3 is 2.95 bits per heavy atom. The van der Waals surface area contributed by atoms with Crippen molar-refractivity contribution >= 4 is 15.9 Å². The van der Waals surface area contributed by atoms with Crippen LogP contribution in [0.4, 0.5) is 0 Å². The Morgan fingerprint density at radius 2 is 2.25 bits per heavy atom. The van der Waals surface area contributed by atoms with E-state index in [1.807, 2.05) is 0 Å². The van der Waals surface area contributed by atoms with E-state index in [1.165, 1.54) is 30.4 Å². The van der Waals surface area contributed by atoms with Crippen molar-refractivity contribution in [1.29, 1.82) is 0 Å². The zero-order chi connectivity index (χ0) is 14.3. The van der Waals surface area contributed by atoms with E-state index in [1.54, 1.807) is 0 Å². The summed E-state index contributed by atoms with van der Waals surface area (Å²) in [6.07, 6.45) is 5.84. The summed E-state index contributed by atoms with van der Waals surface area (Å²) in [7, 11) is 0. The first-order chi connectivity index (χ1) is 9.47. The number of rotatable bonds is 3. The molecule has 2 unspecified atom stereocenters. The second kappa shape index (κ2) is 5.34. The van der Waals surface area contributed by atoms with Crippen LogP contribution in [0.1, 0.15) is 44.2 Å². The number of fused-ring (bicyclic) bond motifs is 1. The predicted octanol–water partition coefficient (Wildman–Crippen LogP) is 4.08. The Hall–Kier alpha value is -0.540. The Labute approximate surface area is 130 Å². The minimum atomic E-state index is 0.232. The van der Waals surface area contributed by atoms with E-state index in [-0.39, 0.29) is 6.04 Å². The maximum atomic E-state index is 6.56. The van der Waals surface area contributed by atoms with Gasteiger partial charge in [0.25, 0.3) is 0 Å². The largest absolute Gasteiger partial charge is 0.493 e. The molecule has 1 aliphatic heterocycles. The van der Waals surface area contributed by atoms with Crippen LogP contribution in [0.2, 0.25) is 0 Å². The highest BCUT2D eigenvalue weighted by Crippen LogP contribution is 2.45. The molecule has 0 spiro atoms. The number of hydrogen-bond donors (Lipinski definition) is 1. The average molecular weight is 338 g/mol. The van der Waals surface area contributed by atoms with E-state index < -0.39 is 0 Å². The Kier molecular flexibility index (Phi) is 3.85. The summed E-state index contributed by atoms with van der Waals surface area (Å²) in [6.45, 7) is 5.54. The molecule has 0 radical (unpaired) electrons. The van der Waals surface area contributed by atoms with Crippen molar-refractivity contribution in [1.82, 2.24) is 0 Å². The van der Waals surface area contributed by atoms with Crippen molar-refractivity contribution < 1.29 is 4.74 Å². The normalized spacial score (nSPS) is 25.3. The third-order valence-electron chi connectivity index (χ3n) is 5.14. The summed E-state index contributed by atoms with van der Waals surface area (Å²) in [5.41, 5.74) is 9.55. The highest BCUT2D eigenvalue weighted by molar-refractivity contribution is 9.10. The smallest absolute Gasteiger partial charge is 0.125 e. The van der Waals surface area contributed by atoms with Crippen molar-refractivity contribution in [3.63, 3.8) is 0 Å². The van der Waals surface area contributed by atoms with Gasteiger partial charge in [-0.2, -0.15) is 0 Å². The van der Waals surface area contributed by atoms with Gasteiger partial charge in [0.1, 0.15) is 5.75 Å². The van der Waals surface area contributed by atoms with Crippen LogP contribution in [0.5, 0.6) is 5.75 Å². The molecule has 3 rings (SSSR count). The van der Waals surface area contributed by atoms with Crippen molar-refractivity contribution in [2.75, 3.05) is 6.61 Å². The molecular weight excluding hydrogens is 314 g/mol. The fraction of sp³-hybridized carbons (Fsp3) is 0.647. The molecule has 3 heteroatoms. The summed E-state index contributed by atoms with van der Waals surface area (Å²) in [4.78, 5) is 0. The maximum Gasteiger partial charge on any atom is 0.125 e. The van der Waals surface area contributed by atoms with E-state index in [0.29, 0.717) is 11.3 Å². The number of nitrogens with two attached hydrogens (primary N) is 1. The van der Waals surface area contributed by atoms with Gasteiger partial charge in [0.2, 0.25) is 0 Å². The average Bonchev–Trinajstić information content (AvgIpc) is 2.94. The van der Waals surface area contributed by atoms with Gasteiger partial charge in [-0.3, -0.25) is 0 Å². The fourth-order valence-electron chi connectivity index (χ4n) is 4.04. The van der Waals surface area contributed by atoms with Crippen molar-refractivity contribution in [3.05, 3.63) is 27.7 Å². The number of benzene rings is 1. The molecule has 2 atom stereocenters. The van der Waals surface area contributed by atoms with Gasteiger partial charge in [0, 0.05) is 16.9 Å². The number of hydrogen-bond acceptors (Lipinski definition) is 2. The van der Waals surface area contributed by atoms with Crippen LogP contribution in [0.3, 0.4) is 0 Å². The van der Waals surface area contributed by atoms with Crippen LogP contribution in [0.25, 0.3) is 0 Å². The summed E-state index contributed by atoms with van der Waals surface area (Å²) in [5.74, 6) is 1.72. The second-order valence-corrected chi connectivity index (χ2v) is 7.92. The second-order valence-electron chi connectivity index (χ2n) is 7.01. The number of ether oxygens (including phenoxy) is 1. The molecule has 110 valence electrons. The van der Waals surface area contributed by atoms with E-state index in [4.69, 9.17) is 10.5 Å². The molecule has 0 aromatic heterocycles. The molecule has 2 N–H and O–H groups in total. The standard InChI is InChI=1S/C17H24BrNO/c1-17(2)6-3-4-14(17)15(19)10-12-9-13(18)8-11-5-7-20-16(11)12/h8-9,14-15H,3-7,10,19H2,1-2H3. The van der Waals surface area contributed by atoms with Crippen LogP contribution < -0.4 is 10.5 Å². The van der Waals surface area contributed by atoms with Gasteiger partial charge < -0.3 is 10.5 Å².